The zero-order valence-corrected chi connectivity index (χ0v) is 10.4. The molecule has 17 heavy (non-hydrogen) atoms. The van der Waals surface area contributed by atoms with Gasteiger partial charge in [0, 0.05) is 6.04 Å². The number of hydrogen-bond acceptors (Lipinski definition) is 3. The van der Waals surface area contributed by atoms with E-state index in [9.17, 15) is 4.79 Å². The van der Waals surface area contributed by atoms with Gasteiger partial charge >= 0.3 is 5.97 Å². The van der Waals surface area contributed by atoms with Gasteiger partial charge < -0.3 is 15.6 Å². The average Bonchev–Trinajstić information content (AvgIpc) is 2.29. The first-order valence-electron chi connectivity index (χ1n) is 5.64. The van der Waals surface area contributed by atoms with Gasteiger partial charge in [0.15, 0.2) is 0 Å². The van der Waals surface area contributed by atoms with E-state index in [0.717, 1.165) is 16.9 Å². The molecule has 0 saturated heterocycles. The second-order valence-corrected chi connectivity index (χ2v) is 4.11. The van der Waals surface area contributed by atoms with Crippen LogP contribution in [0.25, 0.3) is 0 Å². The van der Waals surface area contributed by atoms with Crippen LogP contribution in [-0.2, 0) is 4.79 Å². The van der Waals surface area contributed by atoms with E-state index in [-0.39, 0.29) is 0 Å². The maximum atomic E-state index is 11.0. The van der Waals surface area contributed by atoms with Crippen LogP contribution >= 0.6 is 0 Å². The number of ether oxygens (including phenoxy) is 1. The van der Waals surface area contributed by atoms with Gasteiger partial charge in [0.05, 0.1) is 13.0 Å². The van der Waals surface area contributed by atoms with Crippen molar-refractivity contribution in [2.24, 2.45) is 11.7 Å². The molecule has 0 aliphatic rings. The third kappa shape index (κ3) is 2.97. The number of aliphatic carboxylic acids is 1. The predicted octanol–water partition coefficient (Wildman–Crippen LogP) is 2.11. The first-order chi connectivity index (χ1) is 8.01. The van der Waals surface area contributed by atoms with Crippen molar-refractivity contribution in [2.75, 3.05) is 7.11 Å². The molecule has 0 spiro atoms. The van der Waals surface area contributed by atoms with Gasteiger partial charge in [-0.2, -0.15) is 0 Å². The van der Waals surface area contributed by atoms with Crippen molar-refractivity contribution in [2.45, 2.75) is 26.3 Å². The third-order valence-electron chi connectivity index (χ3n) is 2.99. The van der Waals surface area contributed by atoms with Crippen LogP contribution in [0.3, 0.4) is 0 Å². The molecule has 2 unspecified atom stereocenters. The van der Waals surface area contributed by atoms with Crippen molar-refractivity contribution in [1.82, 2.24) is 0 Å². The van der Waals surface area contributed by atoms with E-state index in [0.29, 0.717) is 6.42 Å². The Hall–Kier alpha value is -1.55. The maximum Gasteiger partial charge on any atom is 0.308 e. The fourth-order valence-electron chi connectivity index (χ4n) is 1.92. The minimum atomic E-state index is -0.853. The molecule has 0 aliphatic carbocycles. The van der Waals surface area contributed by atoms with E-state index in [4.69, 9.17) is 15.6 Å². The van der Waals surface area contributed by atoms with Crippen LogP contribution in [-0.4, -0.2) is 18.2 Å². The molecule has 1 rings (SSSR count). The number of aryl methyl sites for hydroxylation is 1. The zero-order valence-electron chi connectivity index (χ0n) is 10.4. The summed E-state index contributed by atoms with van der Waals surface area (Å²) in [4.78, 5) is 11.0. The van der Waals surface area contributed by atoms with Crippen LogP contribution in [0.2, 0.25) is 0 Å². The molecular weight excluding hydrogens is 218 g/mol. The highest BCUT2D eigenvalue weighted by atomic mass is 16.5. The lowest BCUT2D eigenvalue weighted by molar-refractivity contribution is -0.142. The molecular formula is C13H19NO3. The SMILES string of the molecule is CCC(C(=O)O)C(N)c1ccc(OC)c(C)c1. The second-order valence-electron chi connectivity index (χ2n) is 4.11. The summed E-state index contributed by atoms with van der Waals surface area (Å²) in [7, 11) is 1.61. The molecule has 1 aromatic carbocycles. The molecule has 0 saturated carbocycles. The van der Waals surface area contributed by atoms with Gasteiger partial charge in [-0.05, 0) is 30.5 Å². The van der Waals surface area contributed by atoms with E-state index in [1.165, 1.54) is 0 Å². The molecule has 4 heteroatoms. The number of nitrogens with two attached hydrogens (primary N) is 1. The van der Waals surface area contributed by atoms with Gasteiger partial charge in [0.25, 0.3) is 0 Å². The lowest BCUT2D eigenvalue weighted by Crippen LogP contribution is -2.27. The normalized spacial score (nSPS) is 14.1. The molecule has 4 nitrogen and oxygen atoms in total. The van der Waals surface area contributed by atoms with E-state index < -0.39 is 17.9 Å². The minimum Gasteiger partial charge on any atom is -0.496 e. The van der Waals surface area contributed by atoms with E-state index in [1.807, 2.05) is 32.0 Å². The Morgan fingerprint density at radius 3 is 2.59 bits per heavy atom. The lowest BCUT2D eigenvalue weighted by Gasteiger charge is -2.20. The Morgan fingerprint density at radius 2 is 2.18 bits per heavy atom. The number of carboxylic acid groups (broad SMARTS) is 1. The fraction of sp³-hybridized carbons (Fsp3) is 0.462. The highest BCUT2D eigenvalue weighted by molar-refractivity contribution is 5.71. The zero-order chi connectivity index (χ0) is 13.0. The standard InChI is InChI=1S/C13H19NO3/c1-4-10(13(15)16)12(14)9-5-6-11(17-3)8(2)7-9/h5-7,10,12H,4,14H2,1-3H3,(H,15,16). The number of hydrogen-bond donors (Lipinski definition) is 2. The lowest BCUT2D eigenvalue weighted by atomic mass is 9.91. The van der Waals surface area contributed by atoms with Crippen LogP contribution in [0.5, 0.6) is 5.75 Å². The van der Waals surface area contributed by atoms with Gasteiger partial charge in [0.1, 0.15) is 5.75 Å². The smallest absolute Gasteiger partial charge is 0.308 e. The largest absolute Gasteiger partial charge is 0.496 e. The molecule has 2 atom stereocenters. The van der Waals surface area contributed by atoms with Crippen molar-refractivity contribution >= 4 is 5.97 Å². The summed E-state index contributed by atoms with van der Waals surface area (Å²) in [6.45, 7) is 3.74. The van der Waals surface area contributed by atoms with Crippen molar-refractivity contribution in [3.63, 3.8) is 0 Å². The van der Waals surface area contributed by atoms with Gasteiger partial charge in [-0.15, -0.1) is 0 Å². The van der Waals surface area contributed by atoms with Crippen LogP contribution in [0, 0.1) is 12.8 Å². The van der Waals surface area contributed by atoms with Crippen LogP contribution in [0.15, 0.2) is 18.2 Å². The van der Waals surface area contributed by atoms with Crippen molar-refractivity contribution < 1.29 is 14.6 Å². The molecule has 0 amide bonds. The van der Waals surface area contributed by atoms with Crippen LogP contribution in [0.4, 0.5) is 0 Å². The third-order valence-corrected chi connectivity index (χ3v) is 2.99. The molecule has 0 fully saturated rings. The molecule has 0 aliphatic heterocycles. The van der Waals surface area contributed by atoms with Crippen molar-refractivity contribution in [3.8, 4) is 5.75 Å². The summed E-state index contributed by atoms with van der Waals surface area (Å²) in [5.74, 6) is -0.624. The van der Waals surface area contributed by atoms with Crippen molar-refractivity contribution in [1.29, 1.82) is 0 Å². The summed E-state index contributed by atoms with van der Waals surface area (Å²) in [6, 6.07) is 5.04. The molecule has 3 N–H and O–H groups in total. The van der Waals surface area contributed by atoms with E-state index >= 15 is 0 Å². The van der Waals surface area contributed by atoms with E-state index in [2.05, 4.69) is 0 Å². The number of methoxy groups -OCH3 is 1. The van der Waals surface area contributed by atoms with Gasteiger partial charge in [-0.25, -0.2) is 0 Å². The van der Waals surface area contributed by atoms with Gasteiger partial charge in [0.2, 0.25) is 0 Å². The minimum absolute atomic E-state index is 0.484. The first kappa shape index (κ1) is 13.5. The Bertz CT molecular complexity index is 404. The number of carboxylic acids is 1. The number of rotatable bonds is 5. The predicted molar refractivity (Wildman–Crippen MR) is 66.1 cm³/mol. The molecule has 0 radical (unpaired) electrons. The number of carbonyl (C=O) groups is 1. The summed E-state index contributed by atoms with van der Waals surface area (Å²) < 4.78 is 5.16. The quantitative estimate of drug-likeness (QED) is 0.822. The maximum absolute atomic E-state index is 11.0. The molecule has 94 valence electrons. The second kappa shape index (κ2) is 5.68. The molecule has 0 bridgehead atoms. The average molecular weight is 237 g/mol. The first-order valence-corrected chi connectivity index (χ1v) is 5.64. The number of benzene rings is 1. The Labute approximate surface area is 101 Å². The highest BCUT2D eigenvalue weighted by Gasteiger charge is 2.24. The van der Waals surface area contributed by atoms with Crippen LogP contribution in [0.1, 0.15) is 30.5 Å². The Kier molecular flexibility index (Phi) is 4.52. The highest BCUT2D eigenvalue weighted by Crippen LogP contribution is 2.26. The molecule has 0 aromatic heterocycles. The van der Waals surface area contributed by atoms with Gasteiger partial charge in [-0.3, -0.25) is 4.79 Å². The summed E-state index contributed by atoms with van der Waals surface area (Å²) >= 11 is 0. The topological polar surface area (TPSA) is 72.5 Å². The van der Waals surface area contributed by atoms with E-state index in [1.54, 1.807) is 7.11 Å². The summed E-state index contributed by atoms with van der Waals surface area (Å²) in [5, 5.41) is 9.07. The summed E-state index contributed by atoms with van der Waals surface area (Å²) in [5.41, 5.74) is 7.78. The summed E-state index contributed by atoms with van der Waals surface area (Å²) in [6.07, 6.45) is 0.515. The fourth-order valence-corrected chi connectivity index (χ4v) is 1.92. The molecule has 1 aromatic rings. The monoisotopic (exact) mass is 237 g/mol. The van der Waals surface area contributed by atoms with Crippen LogP contribution < -0.4 is 10.5 Å². The molecule has 0 heterocycles. The van der Waals surface area contributed by atoms with Gasteiger partial charge in [-0.1, -0.05) is 19.1 Å². The Morgan fingerprint density at radius 1 is 1.53 bits per heavy atom. The van der Waals surface area contributed by atoms with Crippen molar-refractivity contribution in [3.05, 3.63) is 29.3 Å². The Balaban J connectivity index is 2.99.